The molecule has 1 spiro atoms. The zero-order valence-electron chi connectivity index (χ0n) is 18.2. The van der Waals surface area contributed by atoms with Crippen LogP contribution >= 0.6 is 0 Å². The van der Waals surface area contributed by atoms with E-state index in [4.69, 9.17) is 14.8 Å². The van der Waals surface area contributed by atoms with Gasteiger partial charge in [-0.2, -0.15) is 9.67 Å². The molecule has 0 unspecified atom stereocenters. The monoisotopic (exact) mass is 434 g/mol. The summed E-state index contributed by atoms with van der Waals surface area (Å²) >= 11 is 0. The van der Waals surface area contributed by atoms with Crippen molar-refractivity contribution in [1.29, 1.82) is 0 Å². The summed E-state index contributed by atoms with van der Waals surface area (Å²) < 4.78 is 7.96. The van der Waals surface area contributed by atoms with Crippen molar-refractivity contribution in [3.8, 4) is 17.1 Å². The number of allylic oxidation sites excluding steroid dienone is 2. The average molecular weight is 434 g/mol. The second-order valence-corrected chi connectivity index (χ2v) is 8.37. The van der Waals surface area contributed by atoms with Crippen LogP contribution in [0.15, 0.2) is 91.0 Å². The number of aryl methyl sites for hydroxylation is 1. The molecule has 6 rings (SSSR count). The minimum atomic E-state index is -0.843. The van der Waals surface area contributed by atoms with Gasteiger partial charge in [0.1, 0.15) is 0 Å². The highest BCUT2D eigenvalue weighted by Crippen LogP contribution is 2.35. The van der Waals surface area contributed by atoms with Gasteiger partial charge in [-0.1, -0.05) is 54.1 Å². The lowest BCUT2D eigenvalue weighted by atomic mass is 10.1. The summed E-state index contributed by atoms with van der Waals surface area (Å²) in [5.41, 5.74) is 2.19. The van der Waals surface area contributed by atoms with E-state index in [9.17, 15) is 4.79 Å². The third-order valence-corrected chi connectivity index (χ3v) is 6.16. The van der Waals surface area contributed by atoms with Gasteiger partial charge in [0.15, 0.2) is 17.3 Å². The Balaban J connectivity index is 1.51. The Labute approximate surface area is 191 Å². The van der Waals surface area contributed by atoms with Crippen LogP contribution in [0.1, 0.15) is 5.56 Å². The predicted octanol–water partition coefficient (Wildman–Crippen LogP) is 4.62. The van der Waals surface area contributed by atoms with Crippen LogP contribution in [0.4, 0.5) is 5.95 Å². The fraction of sp³-hybridized carbons (Fsp3) is 0.148. The van der Waals surface area contributed by atoms with Crippen LogP contribution in [-0.4, -0.2) is 39.4 Å². The minimum absolute atomic E-state index is 0.0482. The number of anilines is 1. The van der Waals surface area contributed by atoms with E-state index in [2.05, 4.69) is 54.3 Å². The van der Waals surface area contributed by atoms with E-state index in [0.717, 1.165) is 16.6 Å². The van der Waals surface area contributed by atoms with Crippen LogP contribution in [0, 0.1) is 6.92 Å². The van der Waals surface area contributed by atoms with Gasteiger partial charge in [-0.3, -0.25) is 4.79 Å². The van der Waals surface area contributed by atoms with Crippen LogP contribution in [-0.2, 0) is 9.53 Å². The predicted molar refractivity (Wildman–Crippen MR) is 128 cm³/mol. The number of carbonyl (C=O) groups excluding carboxylic acids is 1. The van der Waals surface area contributed by atoms with Gasteiger partial charge < -0.3 is 9.64 Å². The van der Waals surface area contributed by atoms with E-state index >= 15 is 0 Å². The van der Waals surface area contributed by atoms with E-state index in [1.807, 2.05) is 28.9 Å². The summed E-state index contributed by atoms with van der Waals surface area (Å²) in [7, 11) is 0. The molecule has 0 atom stereocenters. The van der Waals surface area contributed by atoms with Gasteiger partial charge in [0.05, 0.1) is 12.3 Å². The molecule has 0 N–H and O–H groups in total. The first-order chi connectivity index (χ1) is 16.1. The summed E-state index contributed by atoms with van der Waals surface area (Å²) in [6, 6.07) is 22.7. The molecule has 0 saturated carbocycles. The number of carbonyl (C=O) groups is 1. The molecule has 6 heteroatoms. The maximum absolute atomic E-state index is 11.8. The minimum Gasteiger partial charge on any atom is -0.346 e. The van der Waals surface area contributed by atoms with E-state index < -0.39 is 5.72 Å². The van der Waals surface area contributed by atoms with Crippen molar-refractivity contribution in [2.24, 2.45) is 0 Å². The first-order valence-electron chi connectivity index (χ1n) is 11.0. The maximum atomic E-state index is 11.8. The fourth-order valence-corrected chi connectivity index (χ4v) is 4.39. The molecule has 0 bridgehead atoms. The standard InChI is InChI=1S/C27H22N4O2/c1-19-6-10-23(11-7-19)31-26(30-16-17-33-27(30)14-12-24(32)13-15-27)28-25(29-31)22-9-8-20-4-2-3-5-21(20)18-22/h2-15,18H,16-17H2,1H3. The Morgan fingerprint density at radius 3 is 2.48 bits per heavy atom. The molecule has 6 nitrogen and oxygen atoms in total. The Kier molecular flexibility index (Phi) is 4.48. The van der Waals surface area contributed by atoms with Crippen molar-refractivity contribution in [2.45, 2.75) is 12.6 Å². The number of fused-ring (bicyclic) bond motifs is 1. The SMILES string of the molecule is Cc1ccc(-n2nc(-c3ccc4ccccc4c3)nc2N2CCOC23C=CC(=O)C=C3)cc1. The molecule has 3 aromatic carbocycles. The van der Waals surface area contributed by atoms with Gasteiger partial charge in [-0.05, 0) is 60.2 Å². The Morgan fingerprint density at radius 2 is 1.70 bits per heavy atom. The van der Waals surface area contributed by atoms with Crippen LogP contribution in [0.5, 0.6) is 0 Å². The molecule has 1 fully saturated rings. The quantitative estimate of drug-likeness (QED) is 0.471. The molecule has 0 radical (unpaired) electrons. The van der Waals surface area contributed by atoms with E-state index in [1.54, 1.807) is 24.3 Å². The second-order valence-electron chi connectivity index (χ2n) is 8.37. The highest BCUT2D eigenvalue weighted by Gasteiger charge is 2.42. The number of hydrogen-bond donors (Lipinski definition) is 0. The van der Waals surface area contributed by atoms with Crippen molar-refractivity contribution in [3.63, 3.8) is 0 Å². The highest BCUT2D eigenvalue weighted by molar-refractivity contribution is 6.00. The van der Waals surface area contributed by atoms with Crippen molar-refractivity contribution in [3.05, 3.63) is 96.6 Å². The van der Waals surface area contributed by atoms with Gasteiger partial charge in [0, 0.05) is 12.1 Å². The average Bonchev–Trinajstić information content (AvgIpc) is 3.46. The van der Waals surface area contributed by atoms with Gasteiger partial charge in [0.25, 0.3) is 0 Å². The third-order valence-electron chi connectivity index (χ3n) is 6.16. The Bertz CT molecular complexity index is 1420. The van der Waals surface area contributed by atoms with E-state index in [-0.39, 0.29) is 5.78 Å². The van der Waals surface area contributed by atoms with Gasteiger partial charge in [-0.25, -0.2) is 0 Å². The summed E-state index contributed by atoms with van der Waals surface area (Å²) in [5, 5.41) is 7.23. The first kappa shape index (κ1) is 19.6. The number of ketones is 1. The largest absolute Gasteiger partial charge is 0.346 e. The lowest BCUT2D eigenvalue weighted by molar-refractivity contribution is -0.110. The van der Waals surface area contributed by atoms with E-state index in [1.165, 1.54) is 10.9 Å². The topological polar surface area (TPSA) is 60.3 Å². The number of rotatable bonds is 3. The zero-order chi connectivity index (χ0) is 22.4. The summed E-state index contributed by atoms with van der Waals surface area (Å²) in [4.78, 5) is 18.8. The molecular formula is C27H22N4O2. The molecule has 1 aliphatic carbocycles. The summed E-state index contributed by atoms with van der Waals surface area (Å²) in [5.74, 6) is 1.26. The molecule has 1 aliphatic heterocycles. The summed E-state index contributed by atoms with van der Waals surface area (Å²) in [6.07, 6.45) is 6.70. The first-order valence-corrected chi connectivity index (χ1v) is 11.0. The summed E-state index contributed by atoms with van der Waals surface area (Å²) in [6.45, 7) is 3.21. The van der Waals surface area contributed by atoms with Crippen molar-refractivity contribution in [2.75, 3.05) is 18.1 Å². The van der Waals surface area contributed by atoms with E-state index in [0.29, 0.717) is 24.9 Å². The second kappa shape index (κ2) is 7.53. The molecule has 0 amide bonds. The van der Waals surface area contributed by atoms with Crippen LogP contribution in [0.3, 0.4) is 0 Å². The number of nitrogens with zero attached hydrogens (tertiary/aromatic N) is 4. The lowest BCUT2D eigenvalue weighted by Gasteiger charge is -2.33. The number of benzene rings is 3. The number of hydrogen-bond acceptors (Lipinski definition) is 5. The molecule has 2 heterocycles. The van der Waals surface area contributed by atoms with Crippen LogP contribution in [0.25, 0.3) is 27.8 Å². The van der Waals surface area contributed by atoms with Crippen LogP contribution < -0.4 is 4.90 Å². The Hall–Kier alpha value is -4.03. The number of aromatic nitrogens is 3. The molecule has 4 aromatic rings. The van der Waals surface area contributed by atoms with Crippen molar-refractivity contribution < 1.29 is 9.53 Å². The van der Waals surface area contributed by atoms with Crippen molar-refractivity contribution in [1.82, 2.24) is 14.8 Å². The molecule has 33 heavy (non-hydrogen) atoms. The van der Waals surface area contributed by atoms with Crippen LogP contribution in [0.2, 0.25) is 0 Å². The Morgan fingerprint density at radius 1 is 0.939 bits per heavy atom. The smallest absolute Gasteiger partial charge is 0.232 e. The maximum Gasteiger partial charge on any atom is 0.232 e. The lowest BCUT2D eigenvalue weighted by Crippen LogP contribution is -2.44. The molecular weight excluding hydrogens is 412 g/mol. The van der Waals surface area contributed by atoms with Gasteiger partial charge >= 0.3 is 0 Å². The van der Waals surface area contributed by atoms with Gasteiger partial charge in [0.2, 0.25) is 5.95 Å². The third kappa shape index (κ3) is 3.36. The normalized spacial score (nSPS) is 16.9. The molecule has 1 saturated heterocycles. The fourth-order valence-electron chi connectivity index (χ4n) is 4.39. The zero-order valence-corrected chi connectivity index (χ0v) is 18.2. The molecule has 2 aliphatic rings. The van der Waals surface area contributed by atoms with Crippen molar-refractivity contribution >= 4 is 22.5 Å². The number of ether oxygens (including phenoxy) is 1. The highest BCUT2D eigenvalue weighted by atomic mass is 16.5. The van der Waals surface area contributed by atoms with Gasteiger partial charge in [-0.15, -0.1) is 5.10 Å². The molecule has 1 aromatic heterocycles. The molecule has 162 valence electrons.